The van der Waals surface area contributed by atoms with E-state index in [0.717, 1.165) is 5.92 Å². The molecule has 1 saturated carbocycles. The number of hydrogen-bond donors (Lipinski definition) is 1. The minimum absolute atomic E-state index is 0.394. The van der Waals surface area contributed by atoms with Crippen molar-refractivity contribution in [3.05, 3.63) is 22.4 Å². The molecule has 2 N–H and O–H groups in total. The molecule has 0 amide bonds. The van der Waals surface area contributed by atoms with Crippen molar-refractivity contribution >= 4 is 11.3 Å². The zero-order valence-corrected chi connectivity index (χ0v) is 8.89. The van der Waals surface area contributed by atoms with Gasteiger partial charge in [0.1, 0.15) is 0 Å². The van der Waals surface area contributed by atoms with E-state index in [-0.39, 0.29) is 0 Å². The number of thiophene rings is 1. The van der Waals surface area contributed by atoms with Gasteiger partial charge in [-0.25, -0.2) is 0 Å². The molecule has 0 aliphatic heterocycles. The Hall–Kier alpha value is -0.340. The van der Waals surface area contributed by atoms with Crippen molar-refractivity contribution in [1.29, 1.82) is 0 Å². The highest BCUT2D eigenvalue weighted by Crippen LogP contribution is 2.35. The van der Waals surface area contributed by atoms with E-state index in [9.17, 15) is 0 Å². The molecule has 0 spiro atoms. The van der Waals surface area contributed by atoms with E-state index < -0.39 is 0 Å². The molecule has 0 aromatic carbocycles. The first kappa shape index (κ1) is 9.22. The van der Waals surface area contributed by atoms with Crippen LogP contribution < -0.4 is 5.73 Å². The van der Waals surface area contributed by atoms with Gasteiger partial charge in [0.05, 0.1) is 0 Å². The highest BCUT2D eigenvalue weighted by molar-refractivity contribution is 7.07. The van der Waals surface area contributed by atoms with Crippen molar-refractivity contribution in [2.45, 2.75) is 38.1 Å². The quantitative estimate of drug-likeness (QED) is 0.732. The zero-order valence-electron chi connectivity index (χ0n) is 8.07. The Morgan fingerprint density at radius 2 is 2.31 bits per heavy atom. The van der Waals surface area contributed by atoms with Gasteiger partial charge in [0.25, 0.3) is 0 Å². The number of rotatable bonds is 1. The van der Waals surface area contributed by atoms with Crippen molar-refractivity contribution in [3.63, 3.8) is 0 Å². The lowest BCUT2D eigenvalue weighted by molar-refractivity contribution is 0.306. The first-order valence-corrected chi connectivity index (χ1v) is 5.99. The summed E-state index contributed by atoms with van der Waals surface area (Å²) >= 11 is 1.78. The molecule has 1 aromatic rings. The summed E-state index contributed by atoms with van der Waals surface area (Å²) in [6, 6.07) is 2.62. The lowest BCUT2D eigenvalue weighted by Gasteiger charge is -2.32. The maximum absolute atomic E-state index is 6.14. The van der Waals surface area contributed by atoms with E-state index in [4.69, 9.17) is 5.73 Å². The predicted molar refractivity (Wildman–Crippen MR) is 58.1 cm³/mol. The molecule has 72 valence electrons. The van der Waals surface area contributed by atoms with Crippen LogP contribution in [0.15, 0.2) is 16.8 Å². The van der Waals surface area contributed by atoms with Crippen molar-refractivity contribution in [1.82, 2.24) is 0 Å². The van der Waals surface area contributed by atoms with Crippen LogP contribution in [0.25, 0.3) is 0 Å². The Balaban J connectivity index is 2.12. The second kappa shape index (κ2) is 3.81. The molecule has 1 aliphatic rings. The molecule has 3 atom stereocenters. The van der Waals surface area contributed by atoms with Gasteiger partial charge in [-0.2, -0.15) is 11.3 Å². The molecular weight excluding hydrogens is 178 g/mol. The molecule has 3 unspecified atom stereocenters. The van der Waals surface area contributed by atoms with Gasteiger partial charge in [-0.3, -0.25) is 0 Å². The summed E-state index contributed by atoms with van der Waals surface area (Å²) in [5.74, 6) is 1.47. The largest absolute Gasteiger partial charge is 0.327 e. The van der Waals surface area contributed by atoms with E-state index in [1.807, 2.05) is 0 Å². The number of hydrogen-bond acceptors (Lipinski definition) is 2. The van der Waals surface area contributed by atoms with Crippen LogP contribution in [-0.2, 0) is 0 Å². The van der Waals surface area contributed by atoms with E-state index >= 15 is 0 Å². The summed E-state index contributed by atoms with van der Waals surface area (Å²) in [4.78, 5) is 0. The third-order valence-corrected chi connectivity index (χ3v) is 3.84. The molecular formula is C11H17NS. The van der Waals surface area contributed by atoms with Gasteiger partial charge < -0.3 is 5.73 Å². The van der Waals surface area contributed by atoms with Crippen LogP contribution >= 0.6 is 11.3 Å². The molecule has 0 bridgehead atoms. The van der Waals surface area contributed by atoms with E-state index in [1.165, 1.54) is 24.8 Å². The Kier molecular flexibility index (Phi) is 2.70. The highest BCUT2D eigenvalue weighted by Gasteiger charge is 2.27. The Bertz CT molecular complexity index is 255. The third kappa shape index (κ3) is 1.94. The predicted octanol–water partition coefficient (Wildman–Crippen LogP) is 2.98. The lowest BCUT2D eigenvalue weighted by atomic mass is 9.76. The van der Waals surface area contributed by atoms with Gasteiger partial charge >= 0.3 is 0 Å². The smallest absolute Gasteiger partial charge is 0.0108 e. The van der Waals surface area contributed by atoms with Crippen LogP contribution in [0.3, 0.4) is 0 Å². The second-order valence-electron chi connectivity index (χ2n) is 4.25. The molecule has 13 heavy (non-hydrogen) atoms. The second-order valence-corrected chi connectivity index (χ2v) is 5.03. The van der Waals surface area contributed by atoms with Crippen LogP contribution in [0.5, 0.6) is 0 Å². The molecule has 0 saturated heterocycles. The Labute approximate surface area is 84.0 Å². The Morgan fingerprint density at radius 3 is 3.00 bits per heavy atom. The molecule has 1 nitrogen and oxygen atoms in total. The van der Waals surface area contributed by atoms with Crippen LogP contribution in [-0.4, -0.2) is 6.04 Å². The van der Waals surface area contributed by atoms with Gasteiger partial charge in [-0.15, -0.1) is 0 Å². The zero-order chi connectivity index (χ0) is 9.26. The minimum atomic E-state index is 0.394. The first-order valence-electron chi connectivity index (χ1n) is 5.05. The summed E-state index contributed by atoms with van der Waals surface area (Å²) < 4.78 is 0. The number of nitrogens with two attached hydrogens (primary N) is 1. The normalized spacial score (nSPS) is 34.8. The summed E-state index contributed by atoms with van der Waals surface area (Å²) in [7, 11) is 0. The van der Waals surface area contributed by atoms with Crippen LogP contribution in [0.2, 0.25) is 0 Å². The maximum atomic E-state index is 6.14. The monoisotopic (exact) mass is 195 g/mol. The molecule has 1 fully saturated rings. The van der Waals surface area contributed by atoms with Crippen LogP contribution in [0, 0.1) is 5.92 Å². The summed E-state index contributed by atoms with van der Waals surface area (Å²) in [5, 5.41) is 4.41. The van der Waals surface area contributed by atoms with Gasteiger partial charge in [-0.05, 0) is 47.6 Å². The van der Waals surface area contributed by atoms with Gasteiger partial charge in [0, 0.05) is 12.0 Å². The summed E-state index contributed by atoms with van der Waals surface area (Å²) in [5.41, 5.74) is 7.60. The molecule has 2 heteroatoms. The first-order chi connectivity index (χ1) is 6.27. The van der Waals surface area contributed by atoms with Gasteiger partial charge in [0.15, 0.2) is 0 Å². The van der Waals surface area contributed by atoms with E-state index in [1.54, 1.807) is 11.3 Å². The fraction of sp³-hybridized carbons (Fsp3) is 0.636. The van der Waals surface area contributed by atoms with Crippen molar-refractivity contribution < 1.29 is 0 Å². The maximum Gasteiger partial charge on any atom is 0.0108 e. The van der Waals surface area contributed by atoms with Crippen molar-refractivity contribution in [2.24, 2.45) is 11.7 Å². The summed E-state index contributed by atoms with van der Waals surface area (Å²) in [6.45, 7) is 2.34. The topological polar surface area (TPSA) is 26.0 Å². The molecule has 1 heterocycles. The minimum Gasteiger partial charge on any atom is -0.327 e. The average molecular weight is 195 g/mol. The third-order valence-electron chi connectivity index (χ3n) is 3.14. The van der Waals surface area contributed by atoms with E-state index in [0.29, 0.717) is 12.0 Å². The van der Waals surface area contributed by atoms with E-state index in [2.05, 4.69) is 23.8 Å². The SMILES string of the molecule is CC1CCC(N)C(c2ccsc2)C1. The molecule has 2 rings (SSSR count). The van der Waals surface area contributed by atoms with Gasteiger partial charge in [0.2, 0.25) is 0 Å². The van der Waals surface area contributed by atoms with Crippen molar-refractivity contribution in [2.75, 3.05) is 0 Å². The van der Waals surface area contributed by atoms with Crippen LogP contribution in [0.1, 0.15) is 37.7 Å². The fourth-order valence-corrected chi connectivity index (χ4v) is 3.00. The standard InChI is InChI=1S/C11H17NS/c1-8-2-3-11(12)10(6-8)9-4-5-13-7-9/h4-5,7-8,10-11H,2-3,6,12H2,1H3. The molecule has 1 aliphatic carbocycles. The Morgan fingerprint density at radius 1 is 1.46 bits per heavy atom. The molecule has 1 aromatic heterocycles. The van der Waals surface area contributed by atoms with Crippen LogP contribution in [0.4, 0.5) is 0 Å². The summed E-state index contributed by atoms with van der Waals surface area (Å²) in [6.07, 6.45) is 3.78. The average Bonchev–Trinajstić information content (AvgIpc) is 2.61. The molecule has 0 radical (unpaired) electrons. The highest BCUT2D eigenvalue weighted by atomic mass is 32.1. The van der Waals surface area contributed by atoms with Gasteiger partial charge in [-0.1, -0.05) is 6.92 Å². The van der Waals surface area contributed by atoms with Crippen molar-refractivity contribution in [3.8, 4) is 0 Å². The lowest BCUT2D eigenvalue weighted by Crippen LogP contribution is -2.33. The fourth-order valence-electron chi connectivity index (χ4n) is 2.27.